The molecule has 1 aliphatic heterocycles. The lowest BCUT2D eigenvalue weighted by atomic mass is 10.1. The molecule has 0 saturated carbocycles. The molecule has 7 nitrogen and oxygen atoms in total. The number of rotatable bonds is 5. The summed E-state index contributed by atoms with van der Waals surface area (Å²) < 4.78 is 35.3. The van der Waals surface area contributed by atoms with Gasteiger partial charge in [0.2, 0.25) is 0 Å². The van der Waals surface area contributed by atoms with E-state index >= 15 is 0 Å². The Labute approximate surface area is 198 Å². The first kappa shape index (κ1) is 26.8. The van der Waals surface area contributed by atoms with Crippen molar-refractivity contribution in [3.05, 3.63) is 65.7 Å². The van der Waals surface area contributed by atoms with Gasteiger partial charge in [0.25, 0.3) is 10.1 Å². The van der Waals surface area contributed by atoms with Gasteiger partial charge in [-0.3, -0.25) is 4.18 Å². The van der Waals surface area contributed by atoms with Gasteiger partial charge in [-0.1, -0.05) is 55.0 Å². The van der Waals surface area contributed by atoms with Crippen molar-refractivity contribution < 1.29 is 22.1 Å². The van der Waals surface area contributed by atoms with Crippen LogP contribution < -0.4 is 5.73 Å². The first-order valence-corrected chi connectivity index (χ1v) is 12.5. The van der Waals surface area contributed by atoms with Crippen molar-refractivity contribution in [2.45, 2.75) is 64.1 Å². The molecule has 0 bridgehead atoms. The van der Waals surface area contributed by atoms with Crippen LogP contribution in [0.5, 0.6) is 0 Å². The van der Waals surface area contributed by atoms with E-state index in [0.717, 1.165) is 5.56 Å². The van der Waals surface area contributed by atoms with E-state index in [9.17, 15) is 13.2 Å². The standard InChI is InChI=1S/C18H27NO5S.C7H9N/c1-13-6-8-16(9-7-13)25(21,22)23-12-15-10-14(2)11-19(15)17(20)24-18(3,4)5;8-6-7-4-2-1-3-5-7/h6-9,14-15H,10-12H2,1-5H3;1-5H,6,8H2/t14-,15+;/m1./s1. The van der Waals surface area contributed by atoms with E-state index in [4.69, 9.17) is 14.7 Å². The van der Waals surface area contributed by atoms with Crippen LogP contribution >= 0.6 is 0 Å². The molecule has 3 rings (SSSR count). The minimum Gasteiger partial charge on any atom is -0.444 e. The van der Waals surface area contributed by atoms with Crippen LogP contribution in [-0.2, 0) is 25.6 Å². The number of ether oxygens (including phenoxy) is 1. The Morgan fingerprint density at radius 3 is 2.21 bits per heavy atom. The van der Waals surface area contributed by atoms with Crippen LogP contribution in [0.1, 0.15) is 45.2 Å². The summed E-state index contributed by atoms with van der Waals surface area (Å²) in [6, 6.07) is 16.2. The molecule has 8 heteroatoms. The van der Waals surface area contributed by atoms with E-state index in [1.807, 2.05) is 44.2 Å². The second-order valence-electron chi connectivity index (χ2n) is 9.37. The van der Waals surface area contributed by atoms with Crippen molar-refractivity contribution in [2.24, 2.45) is 11.7 Å². The third-order valence-electron chi connectivity index (χ3n) is 5.06. The van der Waals surface area contributed by atoms with Gasteiger partial charge in [0.1, 0.15) is 5.60 Å². The second kappa shape index (κ2) is 11.6. The smallest absolute Gasteiger partial charge is 0.410 e. The van der Waals surface area contributed by atoms with Crippen molar-refractivity contribution in [2.75, 3.05) is 13.2 Å². The summed E-state index contributed by atoms with van der Waals surface area (Å²) in [5.41, 5.74) is 6.91. The SMILES string of the molecule is Cc1ccc(S(=O)(=O)OC[C@@H]2C[C@@H](C)CN2C(=O)OC(C)(C)C)cc1.NCc1ccccc1. The lowest BCUT2D eigenvalue weighted by Gasteiger charge is -2.28. The number of aryl methyl sites for hydroxylation is 1. The third kappa shape index (κ3) is 8.79. The van der Waals surface area contributed by atoms with Crippen molar-refractivity contribution in [1.29, 1.82) is 0 Å². The number of nitrogens with zero attached hydrogens (tertiary/aromatic N) is 1. The molecule has 2 aromatic rings. The maximum atomic E-state index is 12.3. The van der Waals surface area contributed by atoms with E-state index < -0.39 is 21.8 Å². The van der Waals surface area contributed by atoms with Crippen molar-refractivity contribution in [1.82, 2.24) is 4.90 Å². The summed E-state index contributed by atoms with van der Waals surface area (Å²) >= 11 is 0. The average Bonchev–Trinajstić information content (AvgIpc) is 3.13. The normalized spacial score (nSPS) is 18.4. The minimum absolute atomic E-state index is 0.0697. The summed E-state index contributed by atoms with van der Waals surface area (Å²) in [5, 5.41) is 0. The Balaban J connectivity index is 0.000000405. The van der Waals surface area contributed by atoms with E-state index in [1.54, 1.807) is 37.8 Å². The summed E-state index contributed by atoms with van der Waals surface area (Å²) in [5.74, 6) is 0.267. The third-order valence-corrected chi connectivity index (χ3v) is 6.35. The first-order chi connectivity index (χ1) is 15.4. The summed E-state index contributed by atoms with van der Waals surface area (Å²) in [6.07, 6.45) is 0.251. The molecule has 182 valence electrons. The topological polar surface area (TPSA) is 98.9 Å². The maximum Gasteiger partial charge on any atom is 0.410 e. The molecule has 2 atom stereocenters. The maximum absolute atomic E-state index is 12.3. The Kier molecular flexibility index (Phi) is 9.46. The molecule has 1 saturated heterocycles. The zero-order valence-electron chi connectivity index (χ0n) is 20.2. The average molecular weight is 477 g/mol. The Morgan fingerprint density at radius 1 is 1.09 bits per heavy atom. The molecule has 1 heterocycles. The quantitative estimate of drug-likeness (QED) is 0.639. The van der Waals surface area contributed by atoms with Gasteiger partial charge < -0.3 is 15.4 Å². The number of carbonyl (C=O) groups excluding carboxylic acids is 1. The van der Waals surface area contributed by atoms with Crippen LogP contribution in [-0.4, -0.2) is 44.2 Å². The Bertz CT molecular complexity index is 986. The molecule has 0 radical (unpaired) electrons. The van der Waals surface area contributed by atoms with Crippen LogP contribution in [0.3, 0.4) is 0 Å². The number of hydrogen-bond acceptors (Lipinski definition) is 6. The number of carbonyl (C=O) groups is 1. The van der Waals surface area contributed by atoms with Crippen LogP contribution in [0.4, 0.5) is 4.79 Å². The summed E-state index contributed by atoms with van der Waals surface area (Å²) in [4.78, 5) is 14.0. The number of hydrogen-bond donors (Lipinski definition) is 1. The lowest BCUT2D eigenvalue weighted by Crippen LogP contribution is -2.42. The molecule has 0 spiro atoms. The predicted molar refractivity (Wildman–Crippen MR) is 129 cm³/mol. The van der Waals surface area contributed by atoms with E-state index in [1.165, 1.54) is 17.7 Å². The molecule has 1 aliphatic rings. The van der Waals surface area contributed by atoms with E-state index in [2.05, 4.69) is 0 Å². The summed E-state index contributed by atoms with van der Waals surface area (Å²) in [7, 11) is -3.85. The van der Waals surface area contributed by atoms with E-state index in [-0.39, 0.29) is 23.5 Å². The lowest BCUT2D eigenvalue weighted by molar-refractivity contribution is 0.0185. The molecule has 1 fully saturated rings. The highest BCUT2D eigenvalue weighted by atomic mass is 32.2. The number of nitrogens with two attached hydrogens (primary N) is 1. The molecular weight excluding hydrogens is 440 g/mol. The van der Waals surface area contributed by atoms with Crippen molar-refractivity contribution in [3.8, 4) is 0 Å². The van der Waals surface area contributed by atoms with Crippen LogP contribution in [0.15, 0.2) is 59.5 Å². The fraction of sp³-hybridized carbons (Fsp3) is 0.480. The molecule has 0 aromatic heterocycles. The molecule has 0 aliphatic carbocycles. The van der Waals surface area contributed by atoms with Crippen molar-refractivity contribution >= 4 is 16.2 Å². The van der Waals surface area contributed by atoms with Crippen LogP contribution in [0.25, 0.3) is 0 Å². The monoisotopic (exact) mass is 476 g/mol. The van der Waals surface area contributed by atoms with Gasteiger partial charge in [-0.25, -0.2) is 4.79 Å². The predicted octanol–water partition coefficient (Wildman–Crippen LogP) is 4.49. The summed E-state index contributed by atoms with van der Waals surface area (Å²) in [6.45, 7) is 10.4. The van der Waals surface area contributed by atoms with Gasteiger partial charge >= 0.3 is 6.09 Å². The van der Waals surface area contributed by atoms with Crippen LogP contribution in [0, 0.1) is 12.8 Å². The highest BCUT2D eigenvalue weighted by molar-refractivity contribution is 7.86. The molecule has 2 aromatic carbocycles. The number of benzene rings is 2. The molecule has 1 amide bonds. The Morgan fingerprint density at radius 2 is 1.70 bits per heavy atom. The number of likely N-dealkylation sites (tertiary alicyclic amines) is 1. The fourth-order valence-corrected chi connectivity index (χ4v) is 4.35. The highest BCUT2D eigenvalue weighted by Gasteiger charge is 2.36. The van der Waals surface area contributed by atoms with Gasteiger partial charge in [0.15, 0.2) is 0 Å². The molecule has 2 N–H and O–H groups in total. The molecular formula is C25H36N2O5S. The highest BCUT2D eigenvalue weighted by Crippen LogP contribution is 2.26. The second-order valence-corrected chi connectivity index (χ2v) is 11.0. The largest absolute Gasteiger partial charge is 0.444 e. The van der Waals surface area contributed by atoms with Gasteiger partial charge in [0, 0.05) is 13.1 Å². The van der Waals surface area contributed by atoms with Crippen LogP contribution in [0.2, 0.25) is 0 Å². The van der Waals surface area contributed by atoms with Crippen molar-refractivity contribution in [3.63, 3.8) is 0 Å². The molecule has 33 heavy (non-hydrogen) atoms. The minimum atomic E-state index is -3.85. The number of amides is 1. The first-order valence-electron chi connectivity index (χ1n) is 11.1. The zero-order chi connectivity index (χ0) is 24.6. The van der Waals surface area contributed by atoms with Gasteiger partial charge in [-0.05, 0) is 57.7 Å². The molecule has 0 unspecified atom stereocenters. The van der Waals surface area contributed by atoms with Gasteiger partial charge in [-0.15, -0.1) is 0 Å². The van der Waals surface area contributed by atoms with Gasteiger partial charge in [0.05, 0.1) is 17.5 Å². The Hall–Kier alpha value is -2.42. The zero-order valence-corrected chi connectivity index (χ0v) is 21.0. The fourth-order valence-electron chi connectivity index (χ4n) is 3.41. The van der Waals surface area contributed by atoms with E-state index in [0.29, 0.717) is 19.5 Å². The van der Waals surface area contributed by atoms with Gasteiger partial charge in [-0.2, -0.15) is 8.42 Å².